The van der Waals surface area contributed by atoms with E-state index in [1.165, 1.54) is 22.7 Å². The molecule has 1 aromatic heterocycles. The van der Waals surface area contributed by atoms with E-state index >= 15 is 0 Å². The van der Waals surface area contributed by atoms with Crippen LogP contribution in [-0.4, -0.2) is 31.1 Å². The molecule has 0 unspecified atom stereocenters. The number of aromatic nitrogens is 1. The van der Waals surface area contributed by atoms with Crippen LogP contribution in [0.3, 0.4) is 0 Å². The molecule has 0 aliphatic carbocycles. The van der Waals surface area contributed by atoms with Crippen LogP contribution in [0.25, 0.3) is 0 Å². The second-order valence-electron chi connectivity index (χ2n) is 5.67. The van der Waals surface area contributed by atoms with Gasteiger partial charge in [0, 0.05) is 18.3 Å². The van der Waals surface area contributed by atoms with Gasteiger partial charge in [0.15, 0.2) is 0 Å². The fourth-order valence-electron chi connectivity index (χ4n) is 2.77. The average molecular weight is 427 g/mol. The van der Waals surface area contributed by atoms with Crippen LogP contribution in [0.5, 0.6) is 0 Å². The average Bonchev–Trinajstić information content (AvgIpc) is 2.53. The zero-order valence-electron chi connectivity index (χ0n) is 13.3. The minimum absolute atomic E-state index is 0.0843. The van der Waals surface area contributed by atoms with E-state index in [2.05, 4.69) is 26.2 Å². The minimum atomic E-state index is -3.38. The van der Waals surface area contributed by atoms with E-state index in [9.17, 15) is 18.5 Å². The van der Waals surface area contributed by atoms with Gasteiger partial charge in [-0.25, -0.2) is 13.4 Å². The molecule has 1 aliphatic rings. The van der Waals surface area contributed by atoms with Crippen molar-refractivity contribution in [2.75, 3.05) is 22.4 Å². The number of fused-ring (bicyclic) bond motifs is 1. The fraction of sp³-hybridized carbons (Fsp3) is 0.267. The van der Waals surface area contributed by atoms with Crippen molar-refractivity contribution < 1.29 is 13.3 Å². The summed E-state index contributed by atoms with van der Waals surface area (Å²) in [7, 11) is -3.38. The van der Waals surface area contributed by atoms with Crippen molar-refractivity contribution >= 4 is 48.8 Å². The number of halogens is 1. The normalized spacial score (nSPS) is 14.1. The Bertz CT molecular complexity index is 949. The monoisotopic (exact) mass is 426 g/mol. The van der Waals surface area contributed by atoms with Gasteiger partial charge in [-0.15, -0.1) is 0 Å². The molecule has 10 heteroatoms. The van der Waals surface area contributed by atoms with Crippen LogP contribution in [0.4, 0.5) is 22.9 Å². The first kappa shape index (κ1) is 17.6. The number of sulfonamides is 1. The Labute approximate surface area is 153 Å². The first-order chi connectivity index (χ1) is 11.8. The lowest BCUT2D eigenvalue weighted by atomic mass is 10.0. The van der Waals surface area contributed by atoms with Gasteiger partial charge in [0.25, 0.3) is 0 Å². The summed E-state index contributed by atoms with van der Waals surface area (Å²) in [6.07, 6.45) is 2.71. The third kappa shape index (κ3) is 3.74. The Balaban J connectivity index is 2.01. The standard InChI is InChI=1S/C15H15BrN4O4S/c1-25(23,24)19-8-2-3-10-4-5-11(9-13(10)19)17-15-12(20(21)22)6-7-14(16)18-15/h4-7,9H,2-3,8H2,1H3,(H,17,18). The molecule has 0 atom stereocenters. The lowest BCUT2D eigenvalue weighted by Crippen LogP contribution is -2.34. The maximum absolute atomic E-state index is 12.0. The van der Waals surface area contributed by atoms with E-state index < -0.39 is 14.9 Å². The molecule has 0 amide bonds. The quantitative estimate of drug-likeness (QED) is 0.457. The first-order valence-corrected chi connectivity index (χ1v) is 10.1. The van der Waals surface area contributed by atoms with Gasteiger partial charge in [-0.2, -0.15) is 0 Å². The third-order valence-electron chi connectivity index (χ3n) is 3.86. The summed E-state index contributed by atoms with van der Waals surface area (Å²) in [6.45, 7) is 0.421. The molecular weight excluding hydrogens is 412 g/mol. The van der Waals surface area contributed by atoms with Crippen molar-refractivity contribution in [2.24, 2.45) is 0 Å². The maximum atomic E-state index is 12.0. The summed E-state index contributed by atoms with van der Waals surface area (Å²) >= 11 is 3.19. The van der Waals surface area contributed by atoms with Crippen molar-refractivity contribution in [3.8, 4) is 0 Å². The third-order valence-corrected chi connectivity index (χ3v) is 5.48. The highest BCUT2D eigenvalue weighted by Gasteiger charge is 2.24. The summed E-state index contributed by atoms with van der Waals surface area (Å²) in [5.41, 5.74) is 1.89. The van der Waals surface area contributed by atoms with Gasteiger partial charge in [-0.05, 0) is 52.5 Å². The highest BCUT2D eigenvalue weighted by molar-refractivity contribution is 9.10. The summed E-state index contributed by atoms with van der Waals surface area (Å²) < 4.78 is 25.8. The van der Waals surface area contributed by atoms with Crippen molar-refractivity contribution in [2.45, 2.75) is 12.8 Å². The number of rotatable bonds is 4. The molecular formula is C15H15BrN4O4S. The number of nitrogens with zero attached hydrogens (tertiary/aromatic N) is 3. The van der Waals surface area contributed by atoms with Gasteiger partial charge >= 0.3 is 5.69 Å². The molecule has 2 heterocycles. The van der Waals surface area contributed by atoms with Gasteiger partial charge in [-0.3, -0.25) is 14.4 Å². The van der Waals surface area contributed by atoms with Crippen LogP contribution in [0.15, 0.2) is 34.9 Å². The van der Waals surface area contributed by atoms with Gasteiger partial charge in [0.1, 0.15) is 4.60 Å². The number of pyridine rings is 1. The molecule has 1 aliphatic heterocycles. The smallest absolute Gasteiger partial charge is 0.311 e. The first-order valence-electron chi connectivity index (χ1n) is 7.44. The van der Waals surface area contributed by atoms with E-state index in [-0.39, 0.29) is 11.5 Å². The number of hydrogen-bond acceptors (Lipinski definition) is 6. The van der Waals surface area contributed by atoms with Crippen LogP contribution in [-0.2, 0) is 16.4 Å². The summed E-state index contributed by atoms with van der Waals surface area (Å²) in [6, 6.07) is 8.11. The molecule has 0 fully saturated rings. The van der Waals surface area contributed by atoms with Gasteiger partial charge in [0.2, 0.25) is 15.8 Å². The van der Waals surface area contributed by atoms with Crippen molar-refractivity contribution in [3.63, 3.8) is 0 Å². The van der Waals surface area contributed by atoms with Gasteiger partial charge < -0.3 is 5.32 Å². The molecule has 0 spiro atoms. The molecule has 0 saturated carbocycles. The lowest BCUT2D eigenvalue weighted by molar-refractivity contribution is -0.384. The highest BCUT2D eigenvalue weighted by atomic mass is 79.9. The van der Waals surface area contributed by atoms with Crippen LogP contribution in [0.2, 0.25) is 0 Å². The number of benzene rings is 1. The molecule has 132 valence electrons. The Morgan fingerprint density at radius 1 is 1.32 bits per heavy atom. The van der Waals surface area contributed by atoms with E-state index in [0.717, 1.165) is 18.4 Å². The molecule has 3 rings (SSSR count). The summed E-state index contributed by atoms with van der Waals surface area (Å²) in [4.78, 5) is 14.7. The molecule has 0 saturated heterocycles. The Morgan fingerprint density at radius 2 is 2.08 bits per heavy atom. The predicted octanol–water partition coefficient (Wildman–Crippen LogP) is 3.21. The zero-order valence-corrected chi connectivity index (χ0v) is 15.7. The molecule has 1 aromatic carbocycles. The van der Waals surface area contributed by atoms with Crippen LogP contribution in [0.1, 0.15) is 12.0 Å². The highest BCUT2D eigenvalue weighted by Crippen LogP contribution is 2.34. The van der Waals surface area contributed by atoms with Crippen molar-refractivity contribution in [3.05, 3.63) is 50.6 Å². The molecule has 1 N–H and O–H groups in total. The second-order valence-corrected chi connectivity index (χ2v) is 8.39. The van der Waals surface area contributed by atoms with E-state index in [1.807, 2.05) is 6.07 Å². The fourth-order valence-corrected chi connectivity index (χ4v) is 4.06. The summed E-state index contributed by atoms with van der Waals surface area (Å²) in [5, 5.41) is 14.1. The van der Waals surface area contributed by atoms with Crippen molar-refractivity contribution in [1.29, 1.82) is 0 Å². The lowest BCUT2D eigenvalue weighted by Gasteiger charge is -2.29. The van der Waals surface area contributed by atoms with E-state index in [4.69, 9.17) is 0 Å². The van der Waals surface area contributed by atoms with Crippen LogP contribution < -0.4 is 9.62 Å². The molecule has 25 heavy (non-hydrogen) atoms. The van der Waals surface area contributed by atoms with E-state index in [0.29, 0.717) is 22.5 Å². The van der Waals surface area contributed by atoms with Gasteiger partial charge in [-0.1, -0.05) is 6.07 Å². The number of nitro groups is 1. The topological polar surface area (TPSA) is 105 Å². The van der Waals surface area contributed by atoms with Crippen LogP contribution in [0, 0.1) is 10.1 Å². The zero-order chi connectivity index (χ0) is 18.2. The van der Waals surface area contributed by atoms with E-state index in [1.54, 1.807) is 12.1 Å². The molecule has 0 bridgehead atoms. The molecule has 8 nitrogen and oxygen atoms in total. The number of aryl methyl sites for hydroxylation is 1. The van der Waals surface area contributed by atoms with Crippen LogP contribution >= 0.6 is 15.9 Å². The predicted molar refractivity (Wildman–Crippen MR) is 98.8 cm³/mol. The largest absolute Gasteiger partial charge is 0.334 e. The maximum Gasteiger partial charge on any atom is 0.311 e. The summed E-state index contributed by atoms with van der Waals surface area (Å²) in [5.74, 6) is 0.0843. The Kier molecular flexibility index (Phi) is 4.65. The number of nitrogens with one attached hydrogen (secondary N) is 1. The second kappa shape index (κ2) is 6.60. The Morgan fingerprint density at radius 3 is 2.76 bits per heavy atom. The molecule has 2 aromatic rings. The minimum Gasteiger partial charge on any atom is -0.334 e. The number of hydrogen-bond donors (Lipinski definition) is 1. The number of anilines is 3. The Hall–Kier alpha value is -2.20. The van der Waals surface area contributed by atoms with Gasteiger partial charge in [0.05, 0.1) is 16.9 Å². The SMILES string of the molecule is CS(=O)(=O)N1CCCc2ccc(Nc3nc(Br)ccc3[N+](=O)[O-])cc21. The van der Waals surface area contributed by atoms with Crippen molar-refractivity contribution in [1.82, 2.24) is 4.98 Å². The molecule has 0 radical (unpaired) electrons.